The highest BCUT2D eigenvalue weighted by molar-refractivity contribution is 5.73. The van der Waals surface area contributed by atoms with E-state index in [0.717, 1.165) is 6.21 Å². The van der Waals surface area contributed by atoms with Gasteiger partial charge in [0.05, 0.1) is 7.05 Å². The monoisotopic (exact) mass is 256 g/mol. The Hall–Kier alpha value is -2.45. The molecule has 0 bridgehead atoms. The Morgan fingerprint density at radius 1 is 1.61 bits per heavy atom. The highest BCUT2D eigenvalue weighted by atomic mass is 16.6. The van der Waals surface area contributed by atoms with Gasteiger partial charge in [0.2, 0.25) is 11.9 Å². The van der Waals surface area contributed by atoms with Crippen LogP contribution >= 0.6 is 0 Å². The van der Waals surface area contributed by atoms with E-state index in [1.165, 1.54) is 24.7 Å². The first-order chi connectivity index (χ1) is 8.41. The average Bonchev–Trinajstić information content (AvgIpc) is 2.60. The minimum atomic E-state index is -0.647. The molecule has 0 aliphatic heterocycles. The molecule has 1 rings (SSSR count). The molecule has 0 aromatic carbocycles. The summed E-state index contributed by atoms with van der Waals surface area (Å²) in [5.41, 5.74) is 0.291. The molecule has 0 atom stereocenters. The van der Waals surface area contributed by atoms with Crippen molar-refractivity contribution in [2.24, 2.45) is 7.05 Å². The topological polar surface area (TPSA) is 113 Å². The van der Waals surface area contributed by atoms with E-state index in [1.54, 1.807) is 0 Å². The van der Waals surface area contributed by atoms with Crippen LogP contribution in [0.1, 0.15) is 12.6 Å². The van der Waals surface area contributed by atoms with Crippen LogP contribution in [-0.2, 0) is 16.6 Å². The number of esters is 1. The summed E-state index contributed by atoms with van der Waals surface area (Å²) in [5, 5.41) is 21.9. The van der Waals surface area contributed by atoms with Crippen molar-refractivity contribution < 1.29 is 19.2 Å². The van der Waals surface area contributed by atoms with E-state index in [9.17, 15) is 20.1 Å². The lowest BCUT2D eigenvalue weighted by atomic mass is 10.5. The van der Waals surface area contributed by atoms with Crippen LogP contribution in [0.15, 0.2) is 6.20 Å². The molecule has 0 aliphatic carbocycles. The van der Waals surface area contributed by atoms with E-state index < -0.39 is 10.9 Å². The fourth-order valence-electron chi connectivity index (χ4n) is 1.19. The molecule has 0 saturated carbocycles. The van der Waals surface area contributed by atoms with E-state index in [-0.39, 0.29) is 19.1 Å². The van der Waals surface area contributed by atoms with Crippen molar-refractivity contribution in [2.75, 3.05) is 13.2 Å². The smallest absolute Gasteiger partial charge is 0.435 e. The van der Waals surface area contributed by atoms with E-state index in [4.69, 9.17) is 0 Å². The van der Waals surface area contributed by atoms with Crippen molar-refractivity contribution in [3.8, 4) is 0 Å². The molecule has 0 unspecified atom stereocenters. The third kappa shape index (κ3) is 3.54. The van der Waals surface area contributed by atoms with Crippen LogP contribution in [-0.4, -0.2) is 44.5 Å². The molecule has 9 heteroatoms. The molecule has 98 valence electrons. The first-order valence-corrected chi connectivity index (χ1v) is 5.00. The van der Waals surface area contributed by atoms with Crippen LogP contribution in [0.5, 0.6) is 0 Å². The number of carbonyl (C=O) groups is 1. The second-order valence-corrected chi connectivity index (χ2v) is 3.41. The van der Waals surface area contributed by atoms with Crippen LogP contribution in [0.25, 0.3) is 0 Å². The van der Waals surface area contributed by atoms with E-state index in [1.807, 2.05) is 0 Å². The van der Waals surface area contributed by atoms with Gasteiger partial charge in [0.1, 0.15) is 0 Å². The van der Waals surface area contributed by atoms with Crippen LogP contribution in [0.4, 0.5) is 5.95 Å². The lowest BCUT2D eigenvalue weighted by Crippen LogP contribution is -2.16. The quantitative estimate of drug-likeness (QED) is 0.180. The van der Waals surface area contributed by atoms with Gasteiger partial charge in [-0.2, -0.15) is 0 Å². The van der Waals surface area contributed by atoms with Gasteiger partial charge in [-0.3, -0.25) is 4.79 Å². The van der Waals surface area contributed by atoms with Crippen molar-refractivity contribution in [2.45, 2.75) is 6.92 Å². The maximum absolute atomic E-state index is 11.4. The highest BCUT2D eigenvalue weighted by Gasteiger charge is 2.17. The molecular formula is C9H12N4O5. The molecule has 18 heavy (non-hydrogen) atoms. The second-order valence-electron chi connectivity index (χ2n) is 3.41. The van der Waals surface area contributed by atoms with Gasteiger partial charge in [-0.25, -0.2) is 9.31 Å². The molecule has 0 aliphatic rings. The summed E-state index contributed by atoms with van der Waals surface area (Å²) in [7, 11) is 1.43. The number of hydrogen-bond donors (Lipinski definition) is 0. The number of rotatable bonds is 5. The van der Waals surface area contributed by atoms with Crippen molar-refractivity contribution in [1.29, 1.82) is 0 Å². The van der Waals surface area contributed by atoms with Crippen LogP contribution in [0, 0.1) is 15.3 Å². The maximum Gasteiger partial charge on any atom is 0.435 e. The van der Waals surface area contributed by atoms with Gasteiger partial charge in [0.15, 0.2) is 19.3 Å². The fraction of sp³-hybridized carbons (Fsp3) is 0.444. The number of hydrogen-bond acceptors (Lipinski definition) is 6. The number of aromatic nitrogens is 2. The minimum absolute atomic E-state index is 0.0464. The molecular weight excluding hydrogens is 244 g/mol. The molecule has 9 nitrogen and oxygen atoms in total. The molecule has 1 heterocycles. The van der Waals surface area contributed by atoms with Gasteiger partial charge < -0.3 is 20.1 Å². The third-order valence-corrected chi connectivity index (χ3v) is 2.06. The number of carbonyl (C=O) groups excluding carboxylic acids is 1. The zero-order valence-electron chi connectivity index (χ0n) is 9.90. The van der Waals surface area contributed by atoms with Gasteiger partial charge >= 0.3 is 11.9 Å². The lowest BCUT2D eigenvalue weighted by Gasteiger charge is -2.03. The molecule has 0 amide bonds. The number of nitrogens with zero attached hydrogens (tertiary/aromatic N) is 4. The Kier molecular flexibility index (Phi) is 4.35. The summed E-state index contributed by atoms with van der Waals surface area (Å²) < 4.78 is 6.29. The molecule has 0 N–H and O–H groups in total. The van der Waals surface area contributed by atoms with Gasteiger partial charge in [-0.15, -0.1) is 0 Å². The molecule has 0 spiro atoms. The predicted molar refractivity (Wildman–Crippen MR) is 60.2 cm³/mol. The molecule has 0 radical (unpaired) electrons. The largest absolute Gasteiger partial charge is 0.624 e. The first kappa shape index (κ1) is 13.6. The first-order valence-electron chi connectivity index (χ1n) is 5.00. The lowest BCUT2D eigenvalue weighted by molar-refractivity contribution is -0.455. The summed E-state index contributed by atoms with van der Waals surface area (Å²) in [6.45, 7) is 1.14. The van der Waals surface area contributed by atoms with E-state index in [0.29, 0.717) is 10.4 Å². The van der Waals surface area contributed by atoms with Crippen LogP contribution in [0.2, 0.25) is 0 Å². The Bertz CT molecular complexity index is 493. The van der Waals surface area contributed by atoms with Crippen molar-refractivity contribution in [1.82, 2.24) is 9.55 Å². The number of imidazole rings is 1. The van der Waals surface area contributed by atoms with Crippen molar-refractivity contribution in [3.05, 3.63) is 27.2 Å². The molecule has 1 aromatic heterocycles. The average molecular weight is 256 g/mol. The standard InChI is InChI=1S/C9H12N4O5/c1-7(14)18-4-3-12(15)6-8-5-10-9(11(8)2)13(16)17/h5-6H,3-4H2,1-2H3/b12-6-. The minimum Gasteiger partial charge on any atom is -0.624 e. The summed E-state index contributed by atoms with van der Waals surface area (Å²) in [6.07, 6.45) is 2.36. The summed E-state index contributed by atoms with van der Waals surface area (Å²) in [5.74, 6) is -0.825. The predicted octanol–water partition coefficient (Wildman–Crippen LogP) is -0.179. The van der Waals surface area contributed by atoms with Gasteiger partial charge in [-0.1, -0.05) is 4.98 Å². The zero-order valence-corrected chi connectivity index (χ0v) is 9.90. The van der Waals surface area contributed by atoms with E-state index >= 15 is 0 Å². The Balaban J connectivity index is 2.70. The number of ether oxygens (including phenoxy) is 1. The third-order valence-electron chi connectivity index (χ3n) is 2.06. The molecule has 1 aromatic rings. The van der Waals surface area contributed by atoms with Gasteiger partial charge in [-0.05, 0) is 4.92 Å². The summed E-state index contributed by atoms with van der Waals surface area (Å²) in [4.78, 5) is 23.9. The normalized spacial score (nSPS) is 11.3. The number of nitro groups is 1. The molecule has 0 fully saturated rings. The van der Waals surface area contributed by atoms with Crippen LogP contribution in [0.3, 0.4) is 0 Å². The summed E-state index contributed by atoms with van der Waals surface area (Å²) in [6, 6.07) is 0. The Morgan fingerprint density at radius 3 is 2.78 bits per heavy atom. The fourth-order valence-corrected chi connectivity index (χ4v) is 1.19. The van der Waals surface area contributed by atoms with Gasteiger partial charge in [0, 0.05) is 6.92 Å². The second kappa shape index (κ2) is 5.75. The maximum atomic E-state index is 11.4. The molecule has 0 saturated heterocycles. The van der Waals surface area contributed by atoms with Crippen molar-refractivity contribution >= 4 is 18.1 Å². The van der Waals surface area contributed by atoms with Gasteiger partial charge in [0.25, 0.3) is 0 Å². The zero-order chi connectivity index (χ0) is 13.7. The SMILES string of the molecule is CC(=O)OCC/[N+]([O-])=C/c1cnc([N+](=O)[O-])n1C. The highest BCUT2D eigenvalue weighted by Crippen LogP contribution is 2.08. The van der Waals surface area contributed by atoms with Crippen molar-refractivity contribution in [3.63, 3.8) is 0 Å². The van der Waals surface area contributed by atoms with E-state index in [2.05, 4.69) is 9.72 Å². The number of hydroxylamine groups is 1. The Morgan fingerprint density at radius 2 is 2.28 bits per heavy atom. The summed E-state index contributed by atoms with van der Waals surface area (Å²) >= 11 is 0. The Labute approximate surface area is 102 Å². The van der Waals surface area contributed by atoms with Crippen LogP contribution < -0.4 is 0 Å².